The first-order valence-corrected chi connectivity index (χ1v) is 8.36. The molecule has 5 nitrogen and oxygen atoms in total. The van der Waals surface area contributed by atoms with Crippen LogP contribution in [0.3, 0.4) is 0 Å². The number of carbonyl (C=O) groups is 1. The summed E-state index contributed by atoms with van der Waals surface area (Å²) in [5.41, 5.74) is 0.585. The number of halogens is 2. The standard InChI is InChI=1S/C17H18ClFN4O/c18-13-10-12(6-7-14(13)19)21-17(24)15-8-9-16(23-22-15)20-11-4-2-1-3-5-11/h6-11H,1-5H2,(H,20,23)(H,21,24). The van der Waals surface area contributed by atoms with Crippen LogP contribution in [0, 0.1) is 5.82 Å². The van der Waals surface area contributed by atoms with Crippen molar-refractivity contribution < 1.29 is 9.18 Å². The van der Waals surface area contributed by atoms with Crippen molar-refractivity contribution in [1.29, 1.82) is 0 Å². The molecule has 1 aromatic heterocycles. The van der Waals surface area contributed by atoms with Gasteiger partial charge >= 0.3 is 0 Å². The monoisotopic (exact) mass is 348 g/mol. The van der Waals surface area contributed by atoms with E-state index in [1.54, 1.807) is 12.1 Å². The molecule has 0 radical (unpaired) electrons. The van der Waals surface area contributed by atoms with Crippen LogP contribution >= 0.6 is 11.6 Å². The second-order valence-corrected chi connectivity index (χ2v) is 6.27. The van der Waals surface area contributed by atoms with Crippen LogP contribution in [0.25, 0.3) is 0 Å². The van der Waals surface area contributed by atoms with Crippen molar-refractivity contribution in [3.8, 4) is 0 Å². The highest BCUT2D eigenvalue weighted by atomic mass is 35.5. The summed E-state index contributed by atoms with van der Waals surface area (Å²) in [4.78, 5) is 12.1. The fourth-order valence-corrected chi connectivity index (χ4v) is 2.94. The lowest BCUT2D eigenvalue weighted by molar-refractivity contribution is 0.102. The van der Waals surface area contributed by atoms with Gasteiger partial charge in [-0.15, -0.1) is 10.2 Å². The topological polar surface area (TPSA) is 66.9 Å². The number of amides is 1. The van der Waals surface area contributed by atoms with E-state index in [9.17, 15) is 9.18 Å². The van der Waals surface area contributed by atoms with Gasteiger partial charge in [0.25, 0.3) is 5.91 Å². The van der Waals surface area contributed by atoms with Gasteiger partial charge < -0.3 is 10.6 Å². The van der Waals surface area contributed by atoms with Gasteiger partial charge in [0.05, 0.1) is 5.02 Å². The molecule has 126 valence electrons. The number of hydrogen-bond donors (Lipinski definition) is 2. The Morgan fingerprint density at radius 2 is 1.92 bits per heavy atom. The van der Waals surface area contributed by atoms with E-state index in [0.717, 1.165) is 12.8 Å². The lowest BCUT2D eigenvalue weighted by Crippen LogP contribution is -2.23. The molecule has 2 aromatic rings. The van der Waals surface area contributed by atoms with Crippen LogP contribution in [0.4, 0.5) is 15.9 Å². The molecule has 2 N–H and O–H groups in total. The maximum absolute atomic E-state index is 13.1. The number of nitrogens with one attached hydrogen (secondary N) is 2. The molecule has 0 spiro atoms. The summed E-state index contributed by atoms with van der Waals surface area (Å²) >= 11 is 5.69. The van der Waals surface area contributed by atoms with Gasteiger partial charge in [0, 0.05) is 11.7 Å². The Labute approximate surface area is 144 Å². The lowest BCUT2D eigenvalue weighted by atomic mass is 9.95. The molecule has 7 heteroatoms. The summed E-state index contributed by atoms with van der Waals surface area (Å²) in [6.07, 6.45) is 6.01. The molecule has 0 aliphatic heterocycles. The molecule has 1 amide bonds. The van der Waals surface area contributed by atoms with Crippen molar-refractivity contribution in [3.05, 3.63) is 46.9 Å². The van der Waals surface area contributed by atoms with Crippen LogP contribution in [0.5, 0.6) is 0 Å². The third-order valence-electron chi connectivity index (χ3n) is 4.03. The Hall–Kier alpha value is -2.21. The molecule has 1 heterocycles. The zero-order valence-electron chi connectivity index (χ0n) is 13.1. The largest absolute Gasteiger partial charge is 0.366 e. The molecule has 1 fully saturated rings. The second-order valence-electron chi connectivity index (χ2n) is 5.87. The summed E-state index contributed by atoms with van der Waals surface area (Å²) in [5.74, 6) is -0.287. The summed E-state index contributed by atoms with van der Waals surface area (Å²) in [5, 5.41) is 13.9. The summed E-state index contributed by atoms with van der Waals surface area (Å²) in [6.45, 7) is 0. The van der Waals surface area contributed by atoms with E-state index in [0.29, 0.717) is 17.5 Å². The summed E-state index contributed by atoms with van der Waals surface area (Å²) < 4.78 is 13.1. The van der Waals surface area contributed by atoms with E-state index in [-0.39, 0.29) is 10.7 Å². The minimum atomic E-state index is -0.535. The van der Waals surface area contributed by atoms with E-state index in [1.165, 1.54) is 37.5 Å². The minimum Gasteiger partial charge on any atom is -0.366 e. The number of nitrogens with zero attached hydrogens (tertiary/aromatic N) is 2. The predicted molar refractivity (Wildman–Crippen MR) is 91.9 cm³/mol. The summed E-state index contributed by atoms with van der Waals surface area (Å²) in [7, 11) is 0. The molecule has 1 saturated carbocycles. The number of benzene rings is 1. The molecule has 0 atom stereocenters. The van der Waals surface area contributed by atoms with Crippen molar-refractivity contribution in [2.45, 2.75) is 38.1 Å². The quantitative estimate of drug-likeness (QED) is 0.866. The molecule has 1 aliphatic carbocycles. The second kappa shape index (κ2) is 7.57. The Morgan fingerprint density at radius 3 is 2.58 bits per heavy atom. The molecule has 1 aromatic carbocycles. The smallest absolute Gasteiger partial charge is 0.276 e. The molecular weight excluding hydrogens is 331 g/mol. The number of hydrogen-bond acceptors (Lipinski definition) is 4. The van der Waals surface area contributed by atoms with Gasteiger partial charge in [-0.3, -0.25) is 4.79 Å². The summed E-state index contributed by atoms with van der Waals surface area (Å²) in [6, 6.07) is 7.76. The number of rotatable bonds is 4. The molecular formula is C17H18ClFN4O. The number of aromatic nitrogens is 2. The highest BCUT2D eigenvalue weighted by Gasteiger charge is 2.14. The van der Waals surface area contributed by atoms with Crippen LogP contribution in [0.1, 0.15) is 42.6 Å². The fraction of sp³-hybridized carbons (Fsp3) is 0.353. The van der Waals surface area contributed by atoms with Crippen LogP contribution in [-0.2, 0) is 0 Å². The molecule has 24 heavy (non-hydrogen) atoms. The third kappa shape index (κ3) is 4.20. The van der Waals surface area contributed by atoms with Crippen molar-refractivity contribution >= 4 is 29.0 Å². The average molecular weight is 349 g/mol. The van der Waals surface area contributed by atoms with E-state index in [4.69, 9.17) is 11.6 Å². The van der Waals surface area contributed by atoms with E-state index >= 15 is 0 Å². The van der Waals surface area contributed by atoms with E-state index in [1.807, 2.05) is 0 Å². The zero-order valence-corrected chi connectivity index (χ0v) is 13.8. The first-order chi connectivity index (χ1) is 11.6. The van der Waals surface area contributed by atoms with Crippen LogP contribution in [0.15, 0.2) is 30.3 Å². The number of carbonyl (C=O) groups excluding carboxylic acids is 1. The molecule has 1 aliphatic rings. The van der Waals surface area contributed by atoms with E-state index in [2.05, 4.69) is 20.8 Å². The normalized spacial score (nSPS) is 15.1. The van der Waals surface area contributed by atoms with Crippen molar-refractivity contribution in [2.24, 2.45) is 0 Å². The third-order valence-corrected chi connectivity index (χ3v) is 4.32. The van der Waals surface area contributed by atoms with E-state index < -0.39 is 11.7 Å². The Balaban J connectivity index is 1.61. The Morgan fingerprint density at radius 1 is 1.12 bits per heavy atom. The fourth-order valence-electron chi connectivity index (χ4n) is 2.76. The maximum Gasteiger partial charge on any atom is 0.276 e. The Bertz CT molecular complexity index is 717. The van der Waals surface area contributed by atoms with Crippen LogP contribution < -0.4 is 10.6 Å². The van der Waals surface area contributed by atoms with Crippen LogP contribution in [-0.4, -0.2) is 22.1 Å². The van der Waals surface area contributed by atoms with Crippen molar-refractivity contribution in [1.82, 2.24) is 10.2 Å². The first kappa shape index (κ1) is 16.6. The van der Waals surface area contributed by atoms with Gasteiger partial charge in [-0.05, 0) is 43.2 Å². The van der Waals surface area contributed by atoms with Crippen molar-refractivity contribution in [3.63, 3.8) is 0 Å². The highest BCUT2D eigenvalue weighted by Crippen LogP contribution is 2.21. The number of anilines is 2. The predicted octanol–water partition coefficient (Wildman–Crippen LogP) is 4.27. The highest BCUT2D eigenvalue weighted by molar-refractivity contribution is 6.31. The van der Waals surface area contributed by atoms with Gasteiger partial charge in [0.1, 0.15) is 11.6 Å². The molecule has 3 rings (SSSR count). The van der Waals surface area contributed by atoms with Gasteiger partial charge in [-0.1, -0.05) is 30.9 Å². The first-order valence-electron chi connectivity index (χ1n) is 7.98. The van der Waals surface area contributed by atoms with Gasteiger partial charge in [-0.2, -0.15) is 0 Å². The maximum atomic E-state index is 13.1. The van der Waals surface area contributed by atoms with Gasteiger partial charge in [-0.25, -0.2) is 4.39 Å². The van der Waals surface area contributed by atoms with Crippen molar-refractivity contribution in [2.75, 3.05) is 10.6 Å². The van der Waals surface area contributed by atoms with Gasteiger partial charge in [0.15, 0.2) is 5.69 Å². The van der Waals surface area contributed by atoms with Gasteiger partial charge in [0.2, 0.25) is 0 Å². The minimum absolute atomic E-state index is 0.0501. The van der Waals surface area contributed by atoms with Crippen LogP contribution in [0.2, 0.25) is 5.02 Å². The lowest BCUT2D eigenvalue weighted by Gasteiger charge is -2.22. The zero-order chi connectivity index (χ0) is 16.9. The molecule has 0 saturated heterocycles. The SMILES string of the molecule is O=C(Nc1ccc(F)c(Cl)c1)c1ccc(NC2CCCCC2)nn1. The Kier molecular flexibility index (Phi) is 5.25. The molecule has 0 bridgehead atoms. The average Bonchev–Trinajstić information content (AvgIpc) is 2.60. The molecule has 0 unspecified atom stereocenters.